The van der Waals surface area contributed by atoms with Crippen molar-refractivity contribution < 1.29 is 9.18 Å². The quantitative estimate of drug-likeness (QED) is 0.454. The van der Waals surface area contributed by atoms with Crippen LogP contribution in [0.15, 0.2) is 53.7 Å². The largest absolute Gasteiger partial charge is 0.338 e. The van der Waals surface area contributed by atoms with E-state index >= 15 is 0 Å². The number of thioether (sulfide) groups is 1. The van der Waals surface area contributed by atoms with Crippen molar-refractivity contribution in [3.8, 4) is 0 Å². The number of H-pyrrole nitrogens is 1. The van der Waals surface area contributed by atoms with Gasteiger partial charge in [-0.15, -0.1) is 10.2 Å². The Balaban J connectivity index is 1.59. The minimum Gasteiger partial charge on any atom is -0.338 e. The van der Waals surface area contributed by atoms with Crippen LogP contribution in [0.3, 0.4) is 0 Å². The van der Waals surface area contributed by atoms with E-state index in [4.69, 9.17) is 0 Å². The molecule has 0 aliphatic carbocycles. The number of carbonyl (C=O) groups is 1. The lowest BCUT2D eigenvalue weighted by Gasteiger charge is -2.00. The highest BCUT2D eigenvalue weighted by atomic mass is 32.2. The number of ketones is 1. The van der Waals surface area contributed by atoms with Crippen molar-refractivity contribution in [2.24, 2.45) is 0 Å². The zero-order valence-corrected chi connectivity index (χ0v) is 13.2. The molecule has 2 heterocycles. The van der Waals surface area contributed by atoms with Crippen molar-refractivity contribution >= 4 is 39.6 Å². The van der Waals surface area contributed by atoms with E-state index in [2.05, 4.69) is 20.2 Å². The molecule has 0 amide bonds. The third kappa shape index (κ3) is 2.74. The van der Waals surface area contributed by atoms with Gasteiger partial charge in [0.15, 0.2) is 11.4 Å². The summed E-state index contributed by atoms with van der Waals surface area (Å²) in [5.41, 5.74) is 2.44. The van der Waals surface area contributed by atoms with Crippen molar-refractivity contribution in [1.82, 2.24) is 20.2 Å². The summed E-state index contributed by atoms with van der Waals surface area (Å²) in [6, 6.07) is 13.5. The molecule has 0 spiro atoms. The number of Topliss-reactive ketones (excluding diaryl/α,β-unsaturated/α-hetero) is 1. The molecule has 24 heavy (non-hydrogen) atoms. The van der Waals surface area contributed by atoms with Crippen LogP contribution in [-0.4, -0.2) is 31.7 Å². The maximum atomic E-state index is 13.4. The van der Waals surface area contributed by atoms with Gasteiger partial charge in [-0.3, -0.25) is 4.79 Å². The highest BCUT2D eigenvalue weighted by molar-refractivity contribution is 7.99. The van der Waals surface area contributed by atoms with Gasteiger partial charge in [-0.2, -0.15) is 0 Å². The summed E-state index contributed by atoms with van der Waals surface area (Å²) in [4.78, 5) is 19.6. The molecule has 0 bridgehead atoms. The summed E-state index contributed by atoms with van der Waals surface area (Å²) < 4.78 is 13.4. The Morgan fingerprint density at radius 1 is 1.12 bits per heavy atom. The average molecular weight is 338 g/mol. The first-order chi connectivity index (χ1) is 11.7. The van der Waals surface area contributed by atoms with E-state index < -0.39 is 0 Å². The monoisotopic (exact) mass is 338 g/mol. The summed E-state index contributed by atoms with van der Waals surface area (Å²) in [7, 11) is 0. The minimum atomic E-state index is -0.336. The SMILES string of the molecule is O=C(CSc1nnc2c(n1)[nH]c1ccc(F)cc12)c1ccccc1. The highest BCUT2D eigenvalue weighted by Crippen LogP contribution is 2.24. The lowest BCUT2D eigenvalue weighted by atomic mass is 10.2. The van der Waals surface area contributed by atoms with Crippen LogP contribution in [0.4, 0.5) is 4.39 Å². The standard InChI is InChI=1S/C17H11FN4OS/c18-11-6-7-13-12(8-11)15-16(19-13)20-17(22-21-15)24-9-14(23)10-4-2-1-3-5-10/h1-8H,9H2,(H,19,20,22). The number of nitrogens with one attached hydrogen (secondary N) is 1. The van der Waals surface area contributed by atoms with Gasteiger partial charge in [0.25, 0.3) is 0 Å². The topological polar surface area (TPSA) is 71.5 Å². The number of aromatic amines is 1. The number of nitrogens with zero attached hydrogens (tertiary/aromatic N) is 3. The van der Waals surface area contributed by atoms with E-state index in [-0.39, 0.29) is 17.4 Å². The van der Waals surface area contributed by atoms with Gasteiger partial charge in [-0.1, -0.05) is 42.1 Å². The van der Waals surface area contributed by atoms with E-state index in [0.29, 0.717) is 27.3 Å². The third-order valence-corrected chi connectivity index (χ3v) is 4.42. The Hall–Kier alpha value is -2.80. The first-order valence-corrected chi connectivity index (χ1v) is 8.22. The molecule has 7 heteroatoms. The summed E-state index contributed by atoms with van der Waals surface area (Å²) in [5, 5.41) is 9.19. The molecule has 0 unspecified atom stereocenters. The molecular formula is C17H11FN4OS. The molecule has 0 aliphatic heterocycles. The van der Waals surface area contributed by atoms with Crippen molar-refractivity contribution in [2.75, 3.05) is 5.75 Å². The van der Waals surface area contributed by atoms with Crippen LogP contribution in [-0.2, 0) is 0 Å². The summed E-state index contributed by atoms with van der Waals surface area (Å²) in [6.45, 7) is 0. The number of aromatic nitrogens is 4. The van der Waals surface area contributed by atoms with Gasteiger partial charge in [-0.25, -0.2) is 9.37 Å². The van der Waals surface area contributed by atoms with Crippen LogP contribution in [0.1, 0.15) is 10.4 Å². The zero-order chi connectivity index (χ0) is 16.5. The zero-order valence-electron chi connectivity index (χ0n) is 12.4. The Bertz CT molecular complexity index is 1050. The molecule has 4 rings (SSSR count). The highest BCUT2D eigenvalue weighted by Gasteiger charge is 2.12. The molecule has 0 atom stereocenters. The normalized spacial score (nSPS) is 11.2. The molecule has 0 radical (unpaired) electrons. The number of rotatable bonds is 4. The van der Waals surface area contributed by atoms with Crippen molar-refractivity contribution in [3.63, 3.8) is 0 Å². The van der Waals surface area contributed by atoms with Crippen molar-refractivity contribution in [2.45, 2.75) is 5.16 Å². The van der Waals surface area contributed by atoms with Crippen LogP contribution in [0.2, 0.25) is 0 Å². The second kappa shape index (κ2) is 6.01. The number of hydrogen-bond donors (Lipinski definition) is 1. The summed E-state index contributed by atoms with van der Waals surface area (Å²) in [6.07, 6.45) is 0. The fraction of sp³-hybridized carbons (Fsp3) is 0.0588. The lowest BCUT2D eigenvalue weighted by Crippen LogP contribution is -2.03. The van der Waals surface area contributed by atoms with Crippen LogP contribution < -0.4 is 0 Å². The molecule has 0 saturated carbocycles. The van der Waals surface area contributed by atoms with E-state index in [1.165, 1.54) is 23.9 Å². The molecule has 0 fully saturated rings. The molecule has 5 nitrogen and oxygen atoms in total. The molecular weight excluding hydrogens is 327 g/mol. The van der Waals surface area contributed by atoms with E-state index in [1.807, 2.05) is 18.2 Å². The third-order valence-electron chi connectivity index (χ3n) is 3.59. The second-order valence-electron chi connectivity index (χ2n) is 5.18. The molecule has 2 aromatic carbocycles. The van der Waals surface area contributed by atoms with Gasteiger partial charge < -0.3 is 4.98 Å². The molecule has 0 saturated heterocycles. The number of benzene rings is 2. The van der Waals surface area contributed by atoms with Gasteiger partial charge in [0.05, 0.1) is 5.75 Å². The average Bonchev–Trinajstić information content (AvgIpc) is 2.97. The molecule has 118 valence electrons. The van der Waals surface area contributed by atoms with E-state index in [1.54, 1.807) is 18.2 Å². The Morgan fingerprint density at radius 3 is 2.79 bits per heavy atom. The van der Waals surface area contributed by atoms with Gasteiger partial charge >= 0.3 is 0 Å². The van der Waals surface area contributed by atoms with Gasteiger partial charge in [0.2, 0.25) is 5.16 Å². The van der Waals surface area contributed by atoms with Gasteiger partial charge in [-0.05, 0) is 18.2 Å². The Kier molecular flexibility index (Phi) is 3.70. The fourth-order valence-corrected chi connectivity index (χ4v) is 3.11. The smallest absolute Gasteiger partial charge is 0.211 e. The molecule has 2 aromatic heterocycles. The summed E-state index contributed by atoms with van der Waals surface area (Å²) >= 11 is 1.22. The molecule has 1 N–H and O–H groups in total. The maximum Gasteiger partial charge on any atom is 0.211 e. The van der Waals surface area contributed by atoms with Crippen molar-refractivity contribution in [1.29, 1.82) is 0 Å². The Morgan fingerprint density at radius 2 is 1.96 bits per heavy atom. The number of hydrogen-bond acceptors (Lipinski definition) is 5. The number of halogens is 1. The lowest BCUT2D eigenvalue weighted by molar-refractivity contribution is 0.102. The summed E-state index contributed by atoms with van der Waals surface area (Å²) in [5.74, 6) is -0.105. The number of fused-ring (bicyclic) bond motifs is 3. The minimum absolute atomic E-state index is 0.00279. The van der Waals surface area contributed by atoms with Gasteiger partial charge in [0, 0.05) is 16.5 Å². The maximum absolute atomic E-state index is 13.4. The fourth-order valence-electron chi connectivity index (χ4n) is 2.43. The van der Waals surface area contributed by atoms with E-state index in [0.717, 1.165) is 5.52 Å². The predicted molar refractivity (Wildman–Crippen MR) is 90.6 cm³/mol. The Labute approximate surface area is 140 Å². The van der Waals surface area contributed by atoms with Crippen LogP contribution in [0.5, 0.6) is 0 Å². The number of carbonyl (C=O) groups excluding carboxylic acids is 1. The predicted octanol–water partition coefficient (Wildman–Crippen LogP) is 3.62. The first-order valence-electron chi connectivity index (χ1n) is 7.23. The molecule has 4 aromatic rings. The first kappa shape index (κ1) is 14.8. The van der Waals surface area contributed by atoms with Crippen LogP contribution in [0.25, 0.3) is 22.1 Å². The van der Waals surface area contributed by atoms with Gasteiger partial charge in [0.1, 0.15) is 11.3 Å². The van der Waals surface area contributed by atoms with Crippen LogP contribution in [0, 0.1) is 5.82 Å². The van der Waals surface area contributed by atoms with Crippen molar-refractivity contribution in [3.05, 3.63) is 59.9 Å². The van der Waals surface area contributed by atoms with E-state index in [9.17, 15) is 9.18 Å². The molecule has 0 aliphatic rings. The van der Waals surface area contributed by atoms with Crippen LogP contribution >= 0.6 is 11.8 Å². The second-order valence-corrected chi connectivity index (χ2v) is 6.13.